The second-order valence-electron chi connectivity index (χ2n) is 5.02. The minimum atomic E-state index is 0.0914. The van der Waals surface area contributed by atoms with E-state index in [0.717, 1.165) is 13.0 Å². The molecule has 1 amide bonds. The van der Waals surface area contributed by atoms with E-state index in [1.165, 1.54) is 21.6 Å². The van der Waals surface area contributed by atoms with Gasteiger partial charge in [0.25, 0.3) is 0 Å². The quantitative estimate of drug-likeness (QED) is 0.776. The molecular formula is C16H17NOS. The van der Waals surface area contributed by atoms with Gasteiger partial charge < -0.3 is 4.90 Å². The Kier molecular flexibility index (Phi) is 3.15. The second kappa shape index (κ2) is 4.82. The molecule has 2 heterocycles. The summed E-state index contributed by atoms with van der Waals surface area (Å²) >= 11 is 1.81. The molecule has 1 aliphatic heterocycles. The molecule has 0 unspecified atom stereocenters. The summed E-state index contributed by atoms with van der Waals surface area (Å²) in [6.07, 6.45) is 0.981. The first-order valence-electron chi connectivity index (χ1n) is 6.57. The van der Waals surface area contributed by atoms with Crippen molar-refractivity contribution in [2.45, 2.75) is 26.3 Å². The van der Waals surface area contributed by atoms with E-state index in [1.807, 2.05) is 11.0 Å². The zero-order chi connectivity index (χ0) is 13.4. The van der Waals surface area contributed by atoms with Gasteiger partial charge >= 0.3 is 0 Å². The van der Waals surface area contributed by atoms with Crippen LogP contribution in [0.2, 0.25) is 0 Å². The molecule has 3 heteroatoms. The molecule has 3 rings (SSSR count). The number of rotatable bonds is 1. The van der Waals surface area contributed by atoms with Gasteiger partial charge in [0.2, 0.25) is 5.91 Å². The van der Waals surface area contributed by atoms with Gasteiger partial charge in [0, 0.05) is 18.3 Å². The summed E-state index contributed by atoms with van der Waals surface area (Å²) in [5.41, 5.74) is 3.80. The molecule has 98 valence electrons. The van der Waals surface area contributed by atoms with E-state index in [0.29, 0.717) is 0 Å². The van der Waals surface area contributed by atoms with E-state index in [4.69, 9.17) is 0 Å². The molecule has 0 bridgehead atoms. The Hall–Kier alpha value is -1.61. The first-order chi connectivity index (χ1) is 9.18. The summed E-state index contributed by atoms with van der Waals surface area (Å²) in [5.74, 6) is 0.158. The van der Waals surface area contributed by atoms with Crippen LogP contribution in [-0.4, -0.2) is 17.4 Å². The van der Waals surface area contributed by atoms with Crippen molar-refractivity contribution in [1.82, 2.24) is 4.90 Å². The minimum absolute atomic E-state index is 0.0914. The molecule has 1 atom stereocenters. The molecule has 1 aliphatic rings. The van der Waals surface area contributed by atoms with Crippen molar-refractivity contribution in [3.63, 3.8) is 0 Å². The Bertz CT molecular complexity index is 617. The minimum Gasteiger partial charge on any atom is -0.331 e. The summed E-state index contributed by atoms with van der Waals surface area (Å²) in [6, 6.07) is 10.6. The van der Waals surface area contributed by atoms with Crippen LogP contribution in [0.3, 0.4) is 0 Å². The topological polar surface area (TPSA) is 20.3 Å². The first-order valence-corrected chi connectivity index (χ1v) is 7.45. The van der Waals surface area contributed by atoms with Crippen LogP contribution >= 0.6 is 11.3 Å². The van der Waals surface area contributed by atoms with E-state index in [1.54, 1.807) is 18.3 Å². The summed E-state index contributed by atoms with van der Waals surface area (Å²) in [6.45, 7) is 4.61. The molecule has 0 radical (unpaired) electrons. The number of nitrogens with zero attached hydrogens (tertiary/aromatic N) is 1. The Balaban J connectivity index is 2.15. The lowest BCUT2D eigenvalue weighted by Gasteiger charge is -2.36. The fourth-order valence-electron chi connectivity index (χ4n) is 2.88. The number of benzene rings is 1. The van der Waals surface area contributed by atoms with E-state index >= 15 is 0 Å². The number of amides is 1. The average molecular weight is 271 g/mol. The van der Waals surface area contributed by atoms with E-state index in [2.05, 4.69) is 36.6 Å². The Morgan fingerprint density at radius 2 is 2.05 bits per heavy atom. The molecule has 0 saturated heterocycles. The monoisotopic (exact) mass is 271 g/mol. The highest BCUT2D eigenvalue weighted by Crippen LogP contribution is 2.38. The van der Waals surface area contributed by atoms with Gasteiger partial charge in [-0.2, -0.15) is 0 Å². The van der Waals surface area contributed by atoms with Crippen molar-refractivity contribution < 1.29 is 4.79 Å². The highest BCUT2D eigenvalue weighted by atomic mass is 32.1. The van der Waals surface area contributed by atoms with E-state index in [9.17, 15) is 4.79 Å². The average Bonchev–Trinajstić information content (AvgIpc) is 2.86. The van der Waals surface area contributed by atoms with Gasteiger partial charge in [-0.05, 0) is 41.5 Å². The summed E-state index contributed by atoms with van der Waals surface area (Å²) in [4.78, 5) is 15.4. The lowest BCUT2D eigenvalue weighted by atomic mass is 9.90. The van der Waals surface area contributed by atoms with Crippen LogP contribution in [0.1, 0.15) is 34.5 Å². The SMILES string of the molecule is CC(=O)N1CCc2sccc2[C@H]1c1ccccc1C. The molecule has 19 heavy (non-hydrogen) atoms. The number of carbonyl (C=O) groups excluding carboxylic acids is 1. The van der Waals surface area contributed by atoms with Gasteiger partial charge in [-0.3, -0.25) is 4.79 Å². The van der Waals surface area contributed by atoms with Crippen molar-refractivity contribution >= 4 is 17.2 Å². The number of hydrogen-bond donors (Lipinski definition) is 0. The third-order valence-electron chi connectivity index (χ3n) is 3.85. The smallest absolute Gasteiger partial charge is 0.220 e. The maximum atomic E-state index is 12.0. The molecule has 0 saturated carbocycles. The summed E-state index contributed by atoms with van der Waals surface area (Å²) < 4.78 is 0. The number of fused-ring (bicyclic) bond motifs is 1. The van der Waals surface area contributed by atoms with Crippen LogP contribution in [0, 0.1) is 6.92 Å². The number of hydrogen-bond acceptors (Lipinski definition) is 2. The normalized spacial score (nSPS) is 18.2. The predicted molar refractivity (Wildman–Crippen MR) is 78.4 cm³/mol. The van der Waals surface area contributed by atoms with Crippen molar-refractivity contribution in [2.75, 3.05) is 6.54 Å². The van der Waals surface area contributed by atoms with Crippen LogP contribution in [-0.2, 0) is 11.2 Å². The summed E-state index contributed by atoms with van der Waals surface area (Å²) in [7, 11) is 0. The maximum Gasteiger partial charge on any atom is 0.220 e. The molecule has 0 spiro atoms. The standard InChI is InChI=1S/C16H17NOS/c1-11-5-3-4-6-13(11)16-14-8-10-19-15(14)7-9-17(16)12(2)18/h3-6,8,10,16H,7,9H2,1-2H3/t16-/m1/s1. The van der Waals surface area contributed by atoms with Crippen LogP contribution < -0.4 is 0 Å². The molecule has 0 aliphatic carbocycles. The Morgan fingerprint density at radius 1 is 1.26 bits per heavy atom. The van der Waals surface area contributed by atoms with Gasteiger partial charge in [0.05, 0.1) is 6.04 Å². The lowest BCUT2D eigenvalue weighted by Crippen LogP contribution is -2.38. The number of thiophene rings is 1. The van der Waals surface area contributed by atoms with Crippen LogP contribution in [0.25, 0.3) is 0 Å². The zero-order valence-electron chi connectivity index (χ0n) is 11.2. The number of carbonyl (C=O) groups is 1. The molecule has 0 N–H and O–H groups in total. The van der Waals surface area contributed by atoms with Crippen molar-refractivity contribution in [3.8, 4) is 0 Å². The third-order valence-corrected chi connectivity index (χ3v) is 4.85. The highest BCUT2D eigenvalue weighted by Gasteiger charge is 2.31. The van der Waals surface area contributed by atoms with Crippen molar-refractivity contribution in [3.05, 3.63) is 57.3 Å². The molecule has 0 fully saturated rings. The van der Waals surface area contributed by atoms with Gasteiger partial charge in [-0.15, -0.1) is 11.3 Å². The molecule has 1 aromatic carbocycles. The summed E-state index contributed by atoms with van der Waals surface area (Å²) in [5, 5.41) is 2.14. The lowest BCUT2D eigenvalue weighted by molar-refractivity contribution is -0.130. The van der Waals surface area contributed by atoms with Gasteiger partial charge in [-0.25, -0.2) is 0 Å². The van der Waals surface area contributed by atoms with E-state index in [-0.39, 0.29) is 11.9 Å². The Morgan fingerprint density at radius 3 is 2.79 bits per heavy atom. The maximum absolute atomic E-state index is 12.0. The van der Waals surface area contributed by atoms with Crippen molar-refractivity contribution in [1.29, 1.82) is 0 Å². The first kappa shape index (κ1) is 12.4. The molecule has 2 aromatic rings. The van der Waals surface area contributed by atoms with E-state index < -0.39 is 0 Å². The highest BCUT2D eigenvalue weighted by molar-refractivity contribution is 7.10. The number of aryl methyl sites for hydroxylation is 1. The molecular weight excluding hydrogens is 254 g/mol. The molecule has 2 nitrogen and oxygen atoms in total. The van der Waals surface area contributed by atoms with Gasteiger partial charge in [0.15, 0.2) is 0 Å². The fourth-order valence-corrected chi connectivity index (χ4v) is 3.79. The van der Waals surface area contributed by atoms with Gasteiger partial charge in [-0.1, -0.05) is 24.3 Å². The fraction of sp³-hybridized carbons (Fsp3) is 0.312. The third kappa shape index (κ3) is 2.08. The van der Waals surface area contributed by atoms with Crippen LogP contribution in [0.15, 0.2) is 35.7 Å². The van der Waals surface area contributed by atoms with Crippen molar-refractivity contribution in [2.24, 2.45) is 0 Å². The largest absolute Gasteiger partial charge is 0.331 e. The zero-order valence-corrected chi connectivity index (χ0v) is 12.0. The predicted octanol–water partition coefficient (Wildman–Crippen LogP) is 3.55. The molecule has 1 aromatic heterocycles. The second-order valence-corrected chi connectivity index (χ2v) is 6.02. The van der Waals surface area contributed by atoms with Crippen LogP contribution in [0.5, 0.6) is 0 Å². The van der Waals surface area contributed by atoms with Crippen LogP contribution in [0.4, 0.5) is 0 Å². The van der Waals surface area contributed by atoms with Gasteiger partial charge in [0.1, 0.15) is 0 Å². The Labute approximate surface area is 117 Å².